The molecule has 4 rings (SSSR count). The van der Waals surface area contributed by atoms with Crippen LogP contribution >= 0.6 is 11.6 Å². The monoisotopic (exact) mass is 431 g/mol. The first-order valence-corrected chi connectivity index (χ1v) is 11.7. The molecule has 1 saturated heterocycles. The molecule has 1 aliphatic heterocycles. The normalized spacial score (nSPS) is 15.6. The summed E-state index contributed by atoms with van der Waals surface area (Å²) in [6.07, 6.45) is 2.87. The van der Waals surface area contributed by atoms with Gasteiger partial charge in [-0.15, -0.1) is 0 Å². The maximum absolute atomic E-state index is 12.8. The van der Waals surface area contributed by atoms with E-state index in [0.717, 1.165) is 35.0 Å². The number of sulfonamides is 1. The van der Waals surface area contributed by atoms with Gasteiger partial charge in [0.25, 0.3) is 5.91 Å². The zero-order chi connectivity index (χ0) is 20.6. The number of likely N-dealkylation sites (tertiary alicyclic amines) is 1. The summed E-state index contributed by atoms with van der Waals surface area (Å²) in [4.78, 5) is 18.1. The number of aromatic amines is 1. The topological polar surface area (TPSA) is 82.3 Å². The number of hydrogen-bond donors (Lipinski definition) is 2. The number of halogens is 1. The van der Waals surface area contributed by atoms with Gasteiger partial charge in [-0.1, -0.05) is 11.6 Å². The number of carbonyl (C=O) groups is 1. The first kappa shape index (κ1) is 19.8. The van der Waals surface area contributed by atoms with E-state index in [1.165, 1.54) is 5.69 Å². The van der Waals surface area contributed by atoms with Crippen LogP contribution in [0.5, 0.6) is 0 Å². The molecule has 1 aromatic heterocycles. The number of rotatable bonds is 4. The van der Waals surface area contributed by atoms with Gasteiger partial charge in [-0.05, 0) is 61.4 Å². The standard InChI is InChI=1S/C21H22ClN3O3S/c1-29(27,28)24-18-5-2-15(3-6-18)21(26)25-10-8-14(9-11-25)20-13-16-12-17(22)4-7-19(16)23-20/h2-7,12-14,23-24H,8-11H2,1H3. The number of benzene rings is 2. The van der Waals surface area contributed by atoms with Crippen LogP contribution in [0.3, 0.4) is 0 Å². The number of amides is 1. The van der Waals surface area contributed by atoms with Crippen molar-refractivity contribution in [2.24, 2.45) is 0 Å². The number of H-pyrrole nitrogens is 1. The highest BCUT2D eigenvalue weighted by Gasteiger charge is 2.25. The summed E-state index contributed by atoms with van der Waals surface area (Å²) in [5, 5.41) is 1.83. The molecule has 0 atom stereocenters. The molecule has 0 bridgehead atoms. The lowest BCUT2D eigenvalue weighted by Crippen LogP contribution is -2.38. The van der Waals surface area contributed by atoms with E-state index in [9.17, 15) is 13.2 Å². The van der Waals surface area contributed by atoms with Crippen molar-refractivity contribution in [2.75, 3.05) is 24.1 Å². The molecule has 2 N–H and O–H groups in total. The Morgan fingerprint density at radius 3 is 2.45 bits per heavy atom. The van der Waals surface area contributed by atoms with Gasteiger partial charge in [-0.3, -0.25) is 9.52 Å². The van der Waals surface area contributed by atoms with Gasteiger partial charge in [0.2, 0.25) is 10.0 Å². The maximum atomic E-state index is 12.8. The molecular formula is C21H22ClN3O3S. The highest BCUT2D eigenvalue weighted by Crippen LogP contribution is 2.31. The molecule has 0 unspecified atom stereocenters. The Balaban J connectivity index is 1.40. The molecule has 29 heavy (non-hydrogen) atoms. The lowest BCUT2D eigenvalue weighted by atomic mass is 9.93. The largest absolute Gasteiger partial charge is 0.358 e. The van der Waals surface area contributed by atoms with E-state index in [4.69, 9.17) is 11.6 Å². The number of nitrogens with zero attached hydrogens (tertiary/aromatic N) is 1. The third kappa shape index (κ3) is 4.57. The van der Waals surface area contributed by atoms with E-state index in [0.29, 0.717) is 30.3 Å². The molecule has 3 aromatic rings. The van der Waals surface area contributed by atoms with Crippen LogP contribution < -0.4 is 4.72 Å². The van der Waals surface area contributed by atoms with Crippen LogP contribution in [0.1, 0.15) is 34.8 Å². The number of hydrogen-bond acceptors (Lipinski definition) is 3. The molecule has 0 radical (unpaired) electrons. The summed E-state index contributed by atoms with van der Waals surface area (Å²) in [6, 6.07) is 14.5. The van der Waals surface area contributed by atoms with Gasteiger partial charge in [-0.25, -0.2) is 8.42 Å². The molecule has 2 heterocycles. The molecule has 0 spiro atoms. The zero-order valence-electron chi connectivity index (χ0n) is 16.0. The van der Waals surface area contributed by atoms with E-state index < -0.39 is 10.0 Å². The molecule has 0 saturated carbocycles. The van der Waals surface area contributed by atoms with Gasteiger partial charge < -0.3 is 9.88 Å². The summed E-state index contributed by atoms with van der Waals surface area (Å²) >= 11 is 6.08. The van der Waals surface area contributed by atoms with Crippen LogP contribution in [0.15, 0.2) is 48.5 Å². The third-order valence-electron chi connectivity index (χ3n) is 5.26. The summed E-state index contributed by atoms with van der Waals surface area (Å²) in [7, 11) is -3.33. The van der Waals surface area contributed by atoms with Gasteiger partial charge in [0, 0.05) is 51.9 Å². The molecular weight excluding hydrogens is 410 g/mol. The van der Waals surface area contributed by atoms with E-state index in [1.807, 2.05) is 23.1 Å². The maximum Gasteiger partial charge on any atom is 0.253 e. The smallest absolute Gasteiger partial charge is 0.253 e. The molecule has 1 fully saturated rings. The number of anilines is 1. The van der Waals surface area contributed by atoms with Crippen molar-refractivity contribution in [2.45, 2.75) is 18.8 Å². The van der Waals surface area contributed by atoms with Crippen molar-refractivity contribution < 1.29 is 13.2 Å². The zero-order valence-corrected chi connectivity index (χ0v) is 17.6. The summed E-state index contributed by atoms with van der Waals surface area (Å²) < 4.78 is 25.0. The average molecular weight is 432 g/mol. The molecule has 1 aliphatic rings. The lowest BCUT2D eigenvalue weighted by molar-refractivity contribution is 0.0712. The SMILES string of the molecule is CS(=O)(=O)Nc1ccc(C(=O)N2CCC(c3cc4cc(Cl)ccc4[nH]3)CC2)cc1. The third-order valence-corrected chi connectivity index (χ3v) is 6.10. The molecule has 152 valence electrons. The number of fused-ring (bicyclic) bond motifs is 1. The molecule has 8 heteroatoms. The number of nitrogens with one attached hydrogen (secondary N) is 2. The van der Waals surface area contributed by atoms with Gasteiger partial charge in [0.1, 0.15) is 0 Å². The van der Waals surface area contributed by atoms with Crippen molar-refractivity contribution in [3.05, 3.63) is 64.8 Å². The van der Waals surface area contributed by atoms with E-state index in [2.05, 4.69) is 15.8 Å². The van der Waals surface area contributed by atoms with Crippen molar-refractivity contribution in [3.63, 3.8) is 0 Å². The predicted molar refractivity (Wildman–Crippen MR) is 116 cm³/mol. The van der Waals surface area contributed by atoms with Crippen molar-refractivity contribution in [1.82, 2.24) is 9.88 Å². The van der Waals surface area contributed by atoms with Crippen molar-refractivity contribution in [1.29, 1.82) is 0 Å². The van der Waals surface area contributed by atoms with E-state index >= 15 is 0 Å². The quantitative estimate of drug-likeness (QED) is 0.649. The van der Waals surface area contributed by atoms with E-state index in [1.54, 1.807) is 24.3 Å². The van der Waals surface area contributed by atoms with Gasteiger partial charge >= 0.3 is 0 Å². The minimum absolute atomic E-state index is 0.0298. The van der Waals surface area contributed by atoms with Gasteiger partial charge in [0.15, 0.2) is 0 Å². The fourth-order valence-corrected chi connectivity index (χ4v) is 4.56. The number of piperidine rings is 1. The van der Waals surface area contributed by atoms with Crippen LogP contribution in [0.2, 0.25) is 5.02 Å². The second kappa shape index (κ2) is 7.72. The average Bonchev–Trinajstić information content (AvgIpc) is 3.10. The fourth-order valence-electron chi connectivity index (χ4n) is 3.82. The second-order valence-electron chi connectivity index (χ2n) is 7.47. The Labute approximate surface area is 174 Å². The van der Waals surface area contributed by atoms with Gasteiger partial charge in [-0.2, -0.15) is 0 Å². The molecule has 6 nitrogen and oxygen atoms in total. The van der Waals surface area contributed by atoms with Crippen LogP contribution in [-0.4, -0.2) is 43.6 Å². The van der Waals surface area contributed by atoms with E-state index in [-0.39, 0.29) is 5.91 Å². The van der Waals surface area contributed by atoms with Crippen LogP contribution in [0.25, 0.3) is 10.9 Å². The van der Waals surface area contributed by atoms with Crippen LogP contribution in [0.4, 0.5) is 5.69 Å². The number of carbonyl (C=O) groups excluding carboxylic acids is 1. The van der Waals surface area contributed by atoms with Gasteiger partial charge in [0.05, 0.1) is 6.26 Å². The van der Waals surface area contributed by atoms with Crippen LogP contribution in [0, 0.1) is 0 Å². The summed E-state index contributed by atoms with van der Waals surface area (Å²) in [6.45, 7) is 1.37. The minimum atomic E-state index is -3.33. The Morgan fingerprint density at radius 1 is 1.10 bits per heavy atom. The summed E-state index contributed by atoms with van der Waals surface area (Å²) in [5.41, 5.74) is 3.26. The Kier molecular flexibility index (Phi) is 5.27. The number of aromatic nitrogens is 1. The second-order valence-corrected chi connectivity index (χ2v) is 9.66. The molecule has 1 amide bonds. The van der Waals surface area contributed by atoms with Crippen molar-refractivity contribution >= 4 is 44.1 Å². The highest BCUT2D eigenvalue weighted by molar-refractivity contribution is 7.92. The lowest BCUT2D eigenvalue weighted by Gasteiger charge is -2.31. The molecule has 2 aromatic carbocycles. The Hall–Kier alpha value is -2.51. The predicted octanol–water partition coefficient (Wildman–Crippen LogP) is 4.21. The summed E-state index contributed by atoms with van der Waals surface area (Å²) in [5.74, 6) is 0.351. The Morgan fingerprint density at radius 2 is 1.79 bits per heavy atom. The highest BCUT2D eigenvalue weighted by atomic mass is 35.5. The first-order valence-electron chi connectivity index (χ1n) is 9.44. The first-order chi connectivity index (χ1) is 13.8. The fraction of sp³-hybridized carbons (Fsp3) is 0.286. The molecule has 0 aliphatic carbocycles. The van der Waals surface area contributed by atoms with Crippen molar-refractivity contribution in [3.8, 4) is 0 Å². The minimum Gasteiger partial charge on any atom is -0.358 e. The Bertz CT molecular complexity index is 1150. The van der Waals surface area contributed by atoms with Crippen LogP contribution in [-0.2, 0) is 10.0 Å².